The zero-order valence-corrected chi connectivity index (χ0v) is 16.6. The Morgan fingerprint density at radius 3 is 1.77 bits per heavy atom. The Balaban J connectivity index is 3.27. The molecule has 6 atom stereocenters. The van der Waals surface area contributed by atoms with Crippen molar-refractivity contribution in [3.63, 3.8) is 0 Å². The smallest absolute Gasteiger partial charge is 0.122 e. The van der Waals surface area contributed by atoms with Crippen molar-refractivity contribution in [2.75, 3.05) is 0 Å². The predicted molar refractivity (Wildman–Crippen MR) is 96.8 cm³/mol. The monoisotopic (exact) mass is 308 g/mol. The van der Waals surface area contributed by atoms with E-state index in [1.54, 1.807) is 0 Å². The van der Waals surface area contributed by atoms with Crippen LogP contribution in [0.1, 0.15) is 81.6 Å². The van der Waals surface area contributed by atoms with E-state index < -0.39 is 0 Å². The maximum Gasteiger partial charge on any atom is 0.122 e. The van der Waals surface area contributed by atoms with Gasteiger partial charge in [0, 0.05) is 5.92 Å². The van der Waals surface area contributed by atoms with Crippen molar-refractivity contribution in [1.82, 2.24) is 0 Å². The lowest BCUT2D eigenvalue weighted by molar-refractivity contribution is -0.111. The van der Waals surface area contributed by atoms with Crippen LogP contribution in [0, 0.1) is 46.3 Å². The van der Waals surface area contributed by atoms with Crippen LogP contribution in [0.3, 0.4) is 0 Å². The quantitative estimate of drug-likeness (QED) is 0.551. The first-order chi connectivity index (χ1) is 9.95. The van der Waals surface area contributed by atoms with Crippen LogP contribution in [0.15, 0.2) is 0 Å². The average Bonchev–Trinajstić information content (AvgIpc) is 2.63. The number of hydrogen-bond acceptors (Lipinski definition) is 1. The SMILES string of the molecule is CCCC1C(C(C)(C)C)C(C(C)(C)C)C(CC(C)C=O)[C@@H]1C. The van der Waals surface area contributed by atoms with Gasteiger partial charge in [-0.25, -0.2) is 0 Å². The van der Waals surface area contributed by atoms with Gasteiger partial charge in [0.2, 0.25) is 0 Å². The van der Waals surface area contributed by atoms with Gasteiger partial charge in [0.1, 0.15) is 6.29 Å². The van der Waals surface area contributed by atoms with Gasteiger partial charge in [-0.1, -0.05) is 75.2 Å². The number of aldehydes is 1. The Bertz CT molecular complexity index is 357. The minimum Gasteiger partial charge on any atom is -0.303 e. The van der Waals surface area contributed by atoms with E-state index >= 15 is 0 Å². The first-order valence-electron chi connectivity index (χ1n) is 9.40. The summed E-state index contributed by atoms with van der Waals surface area (Å²) in [6, 6.07) is 0. The minimum absolute atomic E-state index is 0.193. The molecular weight excluding hydrogens is 268 g/mol. The largest absolute Gasteiger partial charge is 0.303 e. The highest BCUT2D eigenvalue weighted by Gasteiger charge is 2.55. The number of rotatable bonds is 5. The molecule has 1 heteroatoms. The van der Waals surface area contributed by atoms with Gasteiger partial charge < -0.3 is 4.79 Å². The Hall–Kier alpha value is -0.330. The molecule has 0 aromatic heterocycles. The van der Waals surface area contributed by atoms with Crippen molar-refractivity contribution in [3.8, 4) is 0 Å². The summed E-state index contributed by atoms with van der Waals surface area (Å²) >= 11 is 0. The zero-order chi connectivity index (χ0) is 17.3. The zero-order valence-electron chi connectivity index (χ0n) is 16.6. The first-order valence-corrected chi connectivity index (χ1v) is 9.40. The van der Waals surface area contributed by atoms with Gasteiger partial charge in [0.25, 0.3) is 0 Å². The molecule has 0 heterocycles. The molecule has 0 spiro atoms. The lowest BCUT2D eigenvalue weighted by atomic mass is 9.61. The second kappa shape index (κ2) is 7.05. The van der Waals surface area contributed by atoms with E-state index in [4.69, 9.17) is 0 Å². The highest BCUT2D eigenvalue weighted by Crippen LogP contribution is 2.60. The summed E-state index contributed by atoms with van der Waals surface area (Å²) in [4.78, 5) is 11.2. The summed E-state index contributed by atoms with van der Waals surface area (Å²) in [6.07, 6.45) is 4.83. The van der Waals surface area contributed by atoms with Crippen molar-refractivity contribution in [2.45, 2.75) is 81.6 Å². The van der Waals surface area contributed by atoms with Gasteiger partial charge in [-0.05, 0) is 46.8 Å². The van der Waals surface area contributed by atoms with E-state index in [0.717, 1.165) is 30.5 Å². The molecule has 0 radical (unpaired) electrons. The fraction of sp³-hybridized carbons (Fsp3) is 0.952. The number of hydrogen-bond donors (Lipinski definition) is 0. The van der Waals surface area contributed by atoms with Crippen LogP contribution in [0.25, 0.3) is 0 Å². The topological polar surface area (TPSA) is 17.1 Å². The molecular formula is C21H40O. The van der Waals surface area contributed by atoms with Gasteiger partial charge in [-0.15, -0.1) is 0 Å². The Kier molecular flexibility index (Phi) is 6.32. The summed E-state index contributed by atoms with van der Waals surface area (Å²) in [5, 5.41) is 0. The van der Waals surface area contributed by atoms with Crippen LogP contribution in [0.2, 0.25) is 0 Å². The molecule has 1 aliphatic carbocycles. The minimum atomic E-state index is 0.193. The molecule has 1 nitrogen and oxygen atoms in total. The molecule has 0 N–H and O–H groups in total. The van der Waals surface area contributed by atoms with Crippen LogP contribution in [0.4, 0.5) is 0 Å². The highest BCUT2D eigenvalue weighted by molar-refractivity contribution is 5.52. The number of carbonyl (C=O) groups is 1. The van der Waals surface area contributed by atoms with Crippen molar-refractivity contribution in [1.29, 1.82) is 0 Å². The van der Waals surface area contributed by atoms with E-state index in [9.17, 15) is 4.79 Å². The molecule has 0 aliphatic heterocycles. The third-order valence-corrected chi connectivity index (χ3v) is 6.16. The first kappa shape index (κ1) is 19.7. The van der Waals surface area contributed by atoms with Crippen LogP contribution < -0.4 is 0 Å². The fourth-order valence-electron chi connectivity index (χ4n) is 5.49. The van der Waals surface area contributed by atoms with Crippen molar-refractivity contribution < 1.29 is 4.79 Å². The lowest BCUT2D eigenvalue weighted by Gasteiger charge is -2.44. The summed E-state index contributed by atoms with van der Waals surface area (Å²) in [7, 11) is 0. The molecule has 1 rings (SSSR count). The summed E-state index contributed by atoms with van der Waals surface area (Å²) < 4.78 is 0. The molecule has 0 bridgehead atoms. The van der Waals surface area contributed by atoms with E-state index in [1.165, 1.54) is 12.8 Å². The standard InChI is InChI=1S/C21H40O/c1-10-11-16-15(3)17(12-14(2)13-22)19(21(7,8)9)18(16)20(4,5)6/h13-19H,10-12H2,1-9H3/t14?,15-,16?,17?,18?,19?/m1/s1. The van der Waals surface area contributed by atoms with Gasteiger partial charge in [0.15, 0.2) is 0 Å². The fourth-order valence-corrected chi connectivity index (χ4v) is 5.49. The second-order valence-corrected chi connectivity index (χ2v) is 10.1. The lowest BCUT2D eigenvalue weighted by Crippen LogP contribution is -2.38. The molecule has 0 aromatic carbocycles. The predicted octanol–water partition coefficient (Wildman–Crippen LogP) is 6.22. The van der Waals surface area contributed by atoms with E-state index in [2.05, 4.69) is 62.3 Å². The molecule has 0 saturated heterocycles. The van der Waals surface area contributed by atoms with E-state index in [0.29, 0.717) is 22.7 Å². The summed E-state index contributed by atoms with van der Waals surface area (Å²) in [6.45, 7) is 21.4. The van der Waals surface area contributed by atoms with E-state index in [-0.39, 0.29) is 5.92 Å². The Morgan fingerprint density at radius 2 is 1.41 bits per heavy atom. The Labute approximate surface area is 139 Å². The third-order valence-electron chi connectivity index (χ3n) is 6.16. The van der Waals surface area contributed by atoms with Crippen LogP contribution in [-0.2, 0) is 4.79 Å². The summed E-state index contributed by atoms with van der Waals surface area (Å²) in [5.41, 5.74) is 0.646. The molecule has 0 aromatic rings. The van der Waals surface area contributed by atoms with Crippen molar-refractivity contribution in [3.05, 3.63) is 0 Å². The van der Waals surface area contributed by atoms with E-state index in [1.807, 2.05) is 0 Å². The van der Waals surface area contributed by atoms with Crippen LogP contribution in [-0.4, -0.2) is 6.29 Å². The third kappa shape index (κ3) is 4.15. The van der Waals surface area contributed by atoms with Crippen molar-refractivity contribution >= 4 is 6.29 Å². The second-order valence-electron chi connectivity index (χ2n) is 10.1. The van der Waals surface area contributed by atoms with Crippen LogP contribution >= 0.6 is 0 Å². The normalized spacial score (nSPS) is 34.7. The molecule has 1 aliphatic rings. The van der Waals surface area contributed by atoms with Gasteiger partial charge >= 0.3 is 0 Å². The maximum absolute atomic E-state index is 11.2. The van der Waals surface area contributed by atoms with Crippen LogP contribution in [0.5, 0.6) is 0 Å². The molecule has 0 amide bonds. The van der Waals surface area contributed by atoms with Gasteiger partial charge in [-0.3, -0.25) is 0 Å². The molecule has 1 saturated carbocycles. The van der Waals surface area contributed by atoms with Crippen molar-refractivity contribution in [2.24, 2.45) is 46.3 Å². The van der Waals surface area contributed by atoms with Gasteiger partial charge in [0.05, 0.1) is 0 Å². The maximum atomic E-state index is 11.2. The highest BCUT2D eigenvalue weighted by atomic mass is 16.1. The molecule has 130 valence electrons. The Morgan fingerprint density at radius 1 is 0.955 bits per heavy atom. The number of carbonyl (C=O) groups excluding carboxylic acids is 1. The average molecular weight is 309 g/mol. The molecule has 5 unspecified atom stereocenters. The molecule has 22 heavy (non-hydrogen) atoms. The van der Waals surface area contributed by atoms with Gasteiger partial charge in [-0.2, -0.15) is 0 Å². The summed E-state index contributed by atoms with van der Waals surface area (Å²) in [5.74, 6) is 3.88. The molecule has 1 fully saturated rings.